The van der Waals surface area contributed by atoms with Crippen LogP contribution in [-0.4, -0.2) is 28.6 Å². The SMILES string of the molecule is CCNC(CSC1CCCCC1)Cc1cncs1. The molecule has 1 unspecified atom stereocenters. The summed E-state index contributed by atoms with van der Waals surface area (Å²) in [7, 11) is 0. The molecule has 0 aliphatic heterocycles. The maximum atomic E-state index is 4.17. The Bertz CT molecular complexity index is 308. The number of hydrogen-bond acceptors (Lipinski definition) is 4. The summed E-state index contributed by atoms with van der Waals surface area (Å²) in [6.07, 6.45) is 10.4. The largest absolute Gasteiger partial charge is 0.313 e. The van der Waals surface area contributed by atoms with Crippen LogP contribution in [0, 0.1) is 0 Å². The van der Waals surface area contributed by atoms with Crippen molar-refractivity contribution in [1.82, 2.24) is 10.3 Å². The van der Waals surface area contributed by atoms with Crippen molar-refractivity contribution < 1.29 is 0 Å². The second-order valence-corrected chi connectivity index (χ2v) is 7.32. The number of aromatic nitrogens is 1. The van der Waals surface area contributed by atoms with Crippen LogP contribution in [0.15, 0.2) is 11.7 Å². The molecule has 0 spiro atoms. The zero-order chi connectivity index (χ0) is 12.6. The minimum absolute atomic E-state index is 0.613. The molecule has 0 aromatic carbocycles. The van der Waals surface area contributed by atoms with Crippen molar-refractivity contribution in [2.45, 2.75) is 56.7 Å². The number of nitrogens with one attached hydrogen (secondary N) is 1. The van der Waals surface area contributed by atoms with Gasteiger partial charge in [-0.3, -0.25) is 4.98 Å². The Labute approximate surface area is 119 Å². The molecule has 0 radical (unpaired) electrons. The number of rotatable bonds is 7. The molecule has 0 amide bonds. The van der Waals surface area contributed by atoms with Gasteiger partial charge in [0.1, 0.15) is 0 Å². The number of nitrogens with zero attached hydrogens (tertiary/aromatic N) is 1. The average molecular weight is 284 g/mol. The molecule has 1 atom stereocenters. The highest BCUT2D eigenvalue weighted by molar-refractivity contribution is 7.99. The van der Waals surface area contributed by atoms with E-state index in [0.29, 0.717) is 6.04 Å². The molecule has 102 valence electrons. The van der Waals surface area contributed by atoms with Crippen LogP contribution in [0.2, 0.25) is 0 Å². The number of thioether (sulfide) groups is 1. The lowest BCUT2D eigenvalue weighted by Gasteiger charge is -2.24. The van der Waals surface area contributed by atoms with Crippen LogP contribution in [0.5, 0.6) is 0 Å². The maximum Gasteiger partial charge on any atom is 0.0794 e. The van der Waals surface area contributed by atoms with Gasteiger partial charge in [0.05, 0.1) is 5.51 Å². The standard InChI is InChI=1S/C14H24N2S2/c1-2-16-12(8-14-9-15-11-18-14)10-17-13-6-4-3-5-7-13/h9,11-13,16H,2-8,10H2,1H3. The Morgan fingerprint density at radius 2 is 2.28 bits per heavy atom. The predicted molar refractivity (Wildman–Crippen MR) is 82.6 cm³/mol. The summed E-state index contributed by atoms with van der Waals surface area (Å²) in [4.78, 5) is 5.58. The van der Waals surface area contributed by atoms with Gasteiger partial charge in [-0.25, -0.2) is 0 Å². The van der Waals surface area contributed by atoms with Gasteiger partial charge in [0, 0.05) is 28.1 Å². The second kappa shape index (κ2) is 8.18. The molecule has 1 fully saturated rings. The molecule has 2 rings (SSSR count). The lowest BCUT2D eigenvalue weighted by Crippen LogP contribution is -2.33. The molecule has 1 aliphatic carbocycles. The minimum Gasteiger partial charge on any atom is -0.313 e. The van der Waals surface area contributed by atoms with E-state index >= 15 is 0 Å². The zero-order valence-corrected chi connectivity index (χ0v) is 12.9. The fraction of sp³-hybridized carbons (Fsp3) is 0.786. The van der Waals surface area contributed by atoms with Gasteiger partial charge in [0.25, 0.3) is 0 Å². The molecule has 18 heavy (non-hydrogen) atoms. The number of likely N-dealkylation sites (N-methyl/N-ethyl adjacent to an activating group) is 1. The summed E-state index contributed by atoms with van der Waals surface area (Å²) in [5.74, 6) is 1.25. The molecule has 0 saturated heterocycles. The van der Waals surface area contributed by atoms with E-state index in [9.17, 15) is 0 Å². The van der Waals surface area contributed by atoms with E-state index in [0.717, 1.165) is 18.2 Å². The first-order valence-electron chi connectivity index (χ1n) is 7.11. The lowest BCUT2D eigenvalue weighted by atomic mass is 10.0. The van der Waals surface area contributed by atoms with E-state index in [1.54, 1.807) is 11.3 Å². The summed E-state index contributed by atoms with van der Waals surface area (Å²) in [5, 5.41) is 4.54. The fourth-order valence-electron chi connectivity index (χ4n) is 2.55. The molecule has 1 aromatic rings. The smallest absolute Gasteiger partial charge is 0.0794 e. The van der Waals surface area contributed by atoms with Gasteiger partial charge in [0.2, 0.25) is 0 Å². The van der Waals surface area contributed by atoms with Crippen LogP contribution >= 0.6 is 23.1 Å². The van der Waals surface area contributed by atoms with Crippen molar-refractivity contribution in [1.29, 1.82) is 0 Å². The Morgan fingerprint density at radius 1 is 1.44 bits per heavy atom. The molecule has 4 heteroatoms. The summed E-state index contributed by atoms with van der Waals surface area (Å²) in [6, 6.07) is 0.613. The molecule has 2 nitrogen and oxygen atoms in total. The van der Waals surface area contributed by atoms with E-state index in [1.807, 2.05) is 11.7 Å². The number of hydrogen-bond donors (Lipinski definition) is 1. The first-order chi connectivity index (χ1) is 8.88. The van der Waals surface area contributed by atoms with E-state index in [1.165, 1.54) is 42.7 Å². The Kier molecular flexibility index (Phi) is 6.52. The minimum atomic E-state index is 0.613. The van der Waals surface area contributed by atoms with Gasteiger partial charge in [0.15, 0.2) is 0 Å². The van der Waals surface area contributed by atoms with Gasteiger partial charge in [-0.15, -0.1) is 11.3 Å². The van der Waals surface area contributed by atoms with E-state index < -0.39 is 0 Å². The van der Waals surface area contributed by atoms with Crippen molar-refractivity contribution in [2.24, 2.45) is 0 Å². The normalized spacial score (nSPS) is 18.9. The monoisotopic (exact) mass is 284 g/mol. The second-order valence-electron chi connectivity index (χ2n) is 5.02. The summed E-state index contributed by atoms with van der Waals surface area (Å²) in [5.41, 5.74) is 1.94. The van der Waals surface area contributed by atoms with Crippen LogP contribution < -0.4 is 5.32 Å². The molecule has 1 N–H and O–H groups in total. The van der Waals surface area contributed by atoms with Crippen LogP contribution in [0.4, 0.5) is 0 Å². The average Bonchev–Trinajstić information content (AvgIpc) is 2.90. The van der Waals surface area contributed by atoms with Crippen LogP contribution in [0.25, 0.3) is 0 Å². The van der Waals surface area contributed by atoms with Gasteiger partial charge in [-0.05, 0) is 25.8 Å². The lowest BCUT2D eigenvalue weighted by molar-refractivity contribution is 0.513. The van der Waals surface area contributed by atoms with Crippen LogP contribution in [0.3, 0.4) is 0 Å². The first-order valence-corrected chi connectivity index (χ1v) is 9.03. The molecule has 1 saturated carbocycles. The molecular formula is C14H24N2S2. The van der Waals surface area contributed by atoms with Crippen molar-refractivity contribution in [3.8, 4) is 0 Å². The Hall–Kier alpha value is -0.0600. The summed E-state index contributed by atoms with van der Waals surface area (Å²) >= 11 is 3.97. The molecule has 1 heterocycles. The van der Waals surface area contributed by atoms with E-state index in [4.69, 9.17) is 0 Å². The fourth-order valence-corrected chi connectivity index (χ4v) is 4.63. The van der Waals surface area contributed by atoms with Crippen molar-refractivity contribution in [3.05, 3.63) is 16.6 Å². The third kappa shape index (κ3) is 4.90. The summed E-state index contributed by atoms with van der Waals surface area (Å²) in [6.45, 7) is 3.26. The maximum absolute atomic E-state index is 4.17. The van der Waals surface area contributed by atoms with Crippen LogP contribution in [0.1, 0.15) is 43.9 Å². The van der Waals surface area contributed by atoms with Gasteiger partial charge < -0.3 is 5.32 Å². The Morgan fingerprint density at radius 3 is 2.94 bits per heavy atom. The van der Waals surface area contributed by atoms with Crippen molar-refractivity contribution in [3.63, 3.8) is 0 Å². The van der Waals surface area contributed by atoms with E-state index in [-0.39, 0.29) is 0 Å². The summed E-state index contributed by atoms with van der Waals surface area (Å²) < 4.78 is 0. The van der Waals surface area contributed by atoms with E-state index in [2.05, 4.69) is 29.0 Å². The Balaban J connectivity index is 1.74. The zero-order valence-electron chi connectivity index (χ0n) is 11.2. The third-order valence-corrected chi connectivity index (χ3v) is 5.85. The first kappa shape index (κ1) is 14.4. The topological polar surface area (TPSA) is 24.9 Å². The highest BCUT2D eigenvalue weighted by Gasteiger charge is 2.16. The molecular weight excluding hydrogens is 260 g/mol. The van der Waals surface area contributed by atoms with Crippen molar-refractivity contribution in [2.75, 3.05) is 12.3 Å². The molecule has 0 bridgehead atoms. The van der Waals surface area contributed by atoms with Crippen LogP contribution in [-0.2, 0) is 6.42 Å². The molecule has 1 aliphatic rings. The highest BCUT2D eigenvalue weighted by Crippen LogP contribution is 2.29. The predicted octanol–water partition coefficient (Wildman–Crippen LogP) is 3.73. The van der Waals surface area contributed by atoms with Gasteiger partial charge in [-0.1, -0.05) is 26.2 Å². The number of thiazole rings is 1. The van der Waals surface area contributed by atoms with Crippen molar-refractivity contribution >= 4 is 23.1 Å². The third-order valence-electron chi connectivity index (χ3n) is 3.51. The molecule has 1 aromatic heterocycles. The van der Waals surface area contributed by atoms with Gasteiger partial charge >= 0.3 is 0 Å². The van der Waals surface area contributed by atoms with Gasteiger partial charge in [-0.2, -0.15) is 11.8 Å². The highest BCUT2D eigenvalue weighted by atomic mass is 32.2. The quantitative estimate of drug-likeness (QED) is 0.826.